The number of hydrogen-bond acceptors (Lipinski definition) is 4. The molecule has 0 fully saturated rings. The number of ether oxygens (including phenoxy) is 1. The van der Waals surface area contributed by atoms with Crippen molar-refractivity contribution in [1.29, 1.82) is 0 Å². The number of hydrogen-bond donors (Lipinski definition) is 0. The lowest BCUT2D eigenvalue weighted by atomic mass is 10.1. The second kappa shape index (κ2) is 6.92. The van der Waals surface area contributed by atoms with Crippen LogP contribution in [0.25, 0.3) is 22.1 Å². The lowest BCUT2D eigenvalue weighted by molar-refractivity contribution is 0.0734. The summed E-state index contributed by atoms with van der Waals surface area (Å²) in [6.45, 7) is 1.85. The maximum Gasteiger partial charge on any atom is 0.344 e. The van der Waals surface area contributed by atoms with Gasteiger partial charge in [0.05, 0.1) is 11.1 Å². The van der Waals surface area contributed by atoms with Crippen molar-refractivity contribution in [2.24, 2.45) is 0 Å². The fourth-order valence-corrected chi connectivity index (χ4v) is 2.94. The predicted octanol–water partition coefficient (Wildman–Crippen LogP) is 4.99. The van der Waals surface area contributed by atoms with Crippen molar-refractivity contribution in [3.8, 4) is 16.9 Å². The Kier molecular flexibility index (Phi) is 4.30. The highest BCUT2D eigenvalue weighted by Crippen LogP contribution is 2.25. The van der Waals surface area contributed by atoms with Crippen molar-refractivity contribution in [3.05, 3.63) is 100 Å². The third-order valence-corrected chi connectivity index (χ3v) is 4.37. The molecule has 4 rings (SSSR count). The van der Waals surface area contributed by atoms with Gasteiger partial charge >= 0.3 is 11.6 Å². The first-order valence-electron chi connectivity index (χ1n) is 8.53. The molecule has 27 heavy (non-hydrogen) atoms. The van der Waals surface area contributed by atoms with Crippen LogP contribution in [0.3, 0.4) is 0 Å². The van der Waals surface area contributed by atoms with E-state index in [9.17, 15) is 9.59 Å². The zero-order chi connectivity index (χ0) is 18.8. The molecule has 0 aliphatic rings. The van der Waals surface area contributed by atoms with E-state index in [0.717, 1.165) is 16.5 Å². The molecule has 3 aromatic carbocycles. The summed E-state index contributed by atoms with van der Waals surface area (Å²) in [5.41, 5.74) is 2.56. The molecule has 4 nitrogen and oxygen atoms in total. The highest BCUT2D eigenvalue weighted by atomic mass is 16.5. The molecule has 4 aromatic rings. The van der Waals surface area contributed by atoms with Crippen LogP contribution < -0.4 is 10.4 Å². The van der Waals surface area contributed by atoms with E-state index in [0.29, 0.717) is 22.5 Å². The SMILES string of the molecule is Cc1ccccc1C(=O)Oc1ccc2cc(-c3ccccc3)c(=O)oc2c1. The van der Waals surface area contributed by atoms with Gasteiger partial charge in [-0.3, -0.25) is 0 Å². The summed E-state index contributed by atoms with van der Waals surface area (Å²) in [5, 5.41) is 0.754. The molecule has 0 saturated carbocycles. The summed E-state index contributed by atoms with van der Waals surface area (Å²) in [4.78, 5) is 24.7. The van der Waals surface area contributed by atoms with E-state index in [4.69, 9.17) is 9.15 Å². The molecule has 132 valence electrons. The summed E-state index contributed by atoms with van der Waals surface area (Å²) in [5.74, 6) is -0.123. The highest BCUT2D eigenvalue weighted by molar-refractivity contribution is 5.93. The van der Waals surface area contributed by atoms with Crippen LogP contribution in [0, 0.1) is 6.92 Å². The second-order valence-electron chi connectivity index (χ2n) is 6.22. The molecule has 0 spiro atoms. The van der Waals surface area contributed by atoms with Gasteiger partial charge in [-0.05, 0) is 42.3 Å². The van der Waals surface area contributed by atoms with E-state index < -0.39 is 11.6 Å². The Balaban J connectivity index is 1.68. The number of carbonyl (C=O) groups excluding carboxylic acids is 1. The Hall–Kier alpha value is -3.66. The molecule has 0 radical (unpaired) electrons. The Labute approximate surface area is 155 Å². The molecule has 0 N–H and O–H groups in total. The summed E-state index contributed by atoms with van der Waals surface area (Å²) in [6.07, 6.45) is 0. The molecule has 0 bridgehead atoms. The standard InChI is InChI=1S/C23H16O4/c1-15-7-5-6-10-19(15)22(24)26-18-12-11-17-13-20(16-8-3-2-4-9-16)23(25)27-21(17)14-18/h2-14H,1H3. The van der Waals surface area contributed by atoms with Crippen LogP contribution in [0.2, 0.25) is 0 Å². The Morgan fingerprint density at radius 2 is 1.63 bits per heavy atom. The number of rotatable bonds is 3. The highest BCUT2D eigenvalue weighted by Gasteiger charge is 2.13. The van der Waals surface area contributed by atoms with Gasteiger partial charge in [0, 0.05) is 11.5 Å². The van der Waals surface area contributed by atoms with E-state index in [2.05, 4.69) is 0 Å². The van der Waals surface area contributed by atoms with E-state index in [1.807, 2.05) is 49.4 Å². The van der Waals surface area contributed by atoms with Crippen LogP contribution in [0.5, 0.6) is 5.75 Å². The molecule has 0 aliphatic carbocycles. The average molecular weight is 356 g/mol. The fraction of sp³-hybridized carbons (Fsp3) is 0.0435. The zero-order valence-electron chi connectivity index (χ0n) is 14.6. The third kappa shape index (κ3) is 3.37. The average Bonchev–Trinajstić information content (AvgIpc) is 2.68. The quantitative estimate of drug-likeness (QED) is 0.295. The number of aryl methyl sites for hydroxylation is 1. The van der Waals surface area contributed by atoms with Gasteiger partial charge in [-0.25, -0.2) is 9.59 Å². The van der Waals surface area contributed by atoms with Gasteiger partial charge in [0.25, 0.3) is 0 Å². The van der Waals surface area contributed by atoms with Crippen LogP contribution in [0.4, 0.5) is 0 Å². The van der Waals surface area contributed by atoms with Crippen LogP contribution in [0.1, 0.15) is 15.9 Å². The largest absolute Gasteiger partial charge is 0.423 e. The van der Waals surface area contributed by atoms with E-state index in [-0.39, 0.29) is 0 Å². The van der Waals surface area contributed by atoms with Gasteiger partial charge in [0.15, 0.2) is 0 Å². The molecule has 1 heterocycles. The lowest BCUT2D eigenvalue weighted by Crippen LogP contribution is -2.10. The normalized spacial score (nSPS) is 10.7. The first-order chi connectivity index (χ1) is 13.1. The molecule has 0 atom stereocenters. The Bertz CT molecular complexity index is 1190. The van der Waals surface area contributed by atoms with Gasteiger partial charge in [0.1, 0.15) is 11.3 Å². The molecule has 0 saturated heterocycles. The van der Waals surface area contributed by atoms with Gasteiger partial charge in [-0.2, -0.15) is 0 Å². The number of esters is 1. The minimum Gasteiger partial charge on any atom is -0.423 e. The molecular weight excluding hydrogens is 340 g/mol. The summed E-state index contributed by atoms with van der Waals surface area (Å²) >= 11 is 0. The van der Waals surface area contributed by atoms with Crippen molar-refractivity contribution in [1.82, 2.24) is 0 Å². The predicted molar refractivity (Wildman–Crippen MR) is 104 cm³/mol. The molecule has 1 aromatic heterocycles. The van der Waals surface area contributed by atoms with Gasteiger partial charge in [-0.1, -0.05) is 48.5 Å². The van der Waals surface area contributed by atoms with E-state index in [1.165, 1.54) is 0 Å². The zero-order valence-corrected chi connectivity index (χ0v) is 14.6. The minimum absolute atomic E-state index is 0.325. The van der Waals surface area contributed by atoms with Crippen LogP contribution in [-0.2, 0) is 0 Å². The molecule has 0 aliphatic heterocycles. The van der Waals surface area contributed by atoms with E-state index in [1.54, 1.807) is 36.4 Å². The molecule has 0 unspecified atom stereocenters. The maximum atomic E-state index is 12.4. The van der Waals surface area contributed by atoms with E-state index >= 15 is 0 Å². The number of benzene rings is 3. The van der Waals surface area contributed by atoms with Gasteiger partial charge < -0.3 is 9.15 Å². The van der Waals surface area contributed by atoms with Crippen LogP contribution in [0.15, 0.2) is 88.1 Å². The molecule has 0 amide bonds. The van der Waals surface area contributed by atoms with Crippen LogP contribution in [-0.4, -0.2) is 5.97 Å². The minimum atomic E-state index is -0.448. The van der Waals surface area contributed by atoms with Crippen molar-refractivity contribution in [2.75, 3.05) is 0 Å². The topological polar surface area (TPSA) is 56.5 Å². The second-order valence-corrected chi connectivity index (χ2v) is 6.22. The van der Waals surface area contributed by atoms with Gasteiger partial charge in [0.2, 0.25) is 0 Å². The van der Waals surface area contributed by atoms with Crippen molar-refractivity contribution in [3.63, 3.8) is 0 Å². The Morgan fingerprint density at radius 3 is 2.41 bits per heavy atom. The fourth-order valence-electron chi connectivity index (χ4n) is 2.94. The van der Waals surface area contributed by atoms with Crippen LogP contribution >= 0.6 is 0 Å². The summed E-state index contributed by atoms with van der Waals surface area (Å²) in [7, 11) is 0. The van der Waals surface area contributed by atoms with Crippen molar-refractivity contribution >= 4 is 16.9 Å². The maximum absolute atomic E-state index is 12.4. The molecule has 4 heteroatoms. The Morgan fingerprint density at radius 1 is 0.889 bits per heavy atom. The monoisotopic (exact) mass is 356 g/mol. The van der Waals surface area contributed by atoms with Crippen molar-refractivity contribution in [2.45, 2.75) is 6.92 Å². The first kappa shape index (κ1) is 16.8. The number of carbonyl (C=O) groups is 1. The third-order valence-electron chi connectivity index (χ3n) is 4.37. The number of fused-ring (bicyclic) bond motifs is 1. The van der Waals surface area contributed by atoms with Gasteiger partial charge in [-0.15, -0.1) is 0 Å². The lowest BCUT2D eigenvalue weighted by Gasteiger charge is -2.08. The summed E-state index contributed by atoms with van der Waals surface area (Å²) in [6, 6.07) is 23.3. The first-order valence-corrected chi connectivity index (χ1v) is 8.53. The molecular formula is C23H16O4. The smallest absolute Gasteiger partial charge is 0.344 e. The van der Waals surface area contributed by atoms with Crippen molar-refractivity contribution < 1.29 is 13.9 Å². The summed E-state index contributed by atoms with van der Waals surface area (Å²) < 4.78 is 10.9.